The van der Waals surface area contributed by atoms with Gasteiger partial charge in [-0.3, -0.25) is 0 Å². The Labute approximate surface area is 106 Å². The first-order valence-electron chi connectivity index (χ1n) is 6.21. The van der Waals surface area contributed by atoms with E-state index in [-0.39, 0.29) is 0 Å². The van der Waals surface area contributed by atoms with Gasteiger partial charge in [-0.1, -0.05) is 6.92 Å². The molecular formula is C13H17N3S. The van der Waals surface area contributed by atoms with Gasteiger partial charge in [0.1, 0.15) is 16.5 Å². The molecule has 1 saturated heterocycles. The molecule has 0 N–H and O–H groups in total. The minimum Gasteiger partial charge on any atom is -0.356 e. The van der Waals surface area contributed by atoms with Crippen LogP contribution in [0.2, 0.25) is 0 Å². The number of hydrogen-bond acceptors (Lipinski definition) is 4. The van der Waals surface area contributed by atoms with Gasteiger partial charge in [-0.15, -0.1) is 11.3 Å². The van der Waals surface area contributed by atoms with Gasteiger partial charge in [0, 0.05) is 13.1 Å². The largest absolute Gasteiger partial charge is 0.356 e. The predicted octanol–water partition coefficient (Wildman–Crippen LogP) is 3.24. The first-order valence-corrected chi connectivity index (χ1v) is 7.09. The van der Waals surface area contributed by atoms with Crippen LogP contribution in [0.5, 0.6) is 0 Å². The molecule has 2 aromatic heterocycles. The summed E-state index contributed by atoms with van der Waals surface area (Å²) in [4.78, 5) is 12.7. The Balaban J connectivity index is 2.01. The summed E-state index contributed by atoms with van der Waals surface area (Å²) >= 11 is 1.70. The number of piperidine rings is 1. The lowest BCUT2D eigenvalue weighted by Crippen LogP contribution is -2.33. The lowest BCUT2D eigenvalue weighted by atomic mass is 9.99. The molecule has 0 bridgehead atoms. The van der Waals surface area contributed by atoms with Crippen LogP contribution < -0.4 is 4.90 Å². The van der Waals surface area contributed by atoms with E-state index in [2.05, 4.69) is 33.2 Å². The fourth-order valence-corrected chi connectivity index (χ4v) is 3.21. The van der Waals surface area contributed by atoms with Gasteiger partial charge in [0.05, 0.1) is 5.39 Å². The fraction of sp³-hybridized carbons (Fsp3) is 0.538. The van der Waals surface area contributed by atoms with Crippen LogP contribution in [0.15, 0.2) is 11.4 Å². The number of hydrogen-bond donors (Lipinski definition) is 0. The lowest BCUT2D eigenvalue weighted by molar-refractivity contribution is 0.437. The Bertz CT molecular complexity index is 526. The minimum atomic E-state index is 0.854. The number of anilines is 1. The zero-order valence-electron chi connectivity index (χ0n) is 10.3. The molecule has 0 amide bonds. The van der Waals surface area contributed by atoms with Crippen LogP contribution in [0.25, 0.3) is 10.2 Å². The van der Waals surface area contributed by atoms with Crippen molar-refractivity contribution in [1.29, 1.82) is 0 Å². The number of fused-ring (bicyclic) bond motifs is 1. The Kier molecular flexibility index (Phi) is 2.74. The molecule has 0 atom stereocenters. The average Bonchev–Trinajstić information content (AvgIpc) is 2.77. The maximum Gasteiger partial charge on any atom is 0.141 e. The molecule has 2 aromatic rings. The average molecular weight is 247 g/mol. The SMILES string of the molecule is Cc1nc(N2CCC(C)CC2)c2ccsc2n1. The van der Waals surface area contributed by atoms with Crippen LogP contribution in [0.4, 0.5) is 5.82 Å². The van der Waals surface area contributed by atoms with Crippen molar-refractivity contribution in [3.63, 3.8) is 0 Å². The maximum absolute atomic E-state index is 4.64. The summed E-state index contributed by atoms with van der Waals surface area (Å²) < 4.78 is 0. The molecule has 17 heavy (non-hydrogen) atoms. The van der Waals surface area contributed by atoms with Gasteiger partial charge >= 0.3 is 0 Å². The highest BCUT2D eigenvalue weighted by Crippen LogP contribution is 2.30. The number of aromatic nitrogens is 2. The first-order chi connectivity index (χ1) is 8.24. The highest BCUT2D eigenvalue weighted by atomic mass is 32.1. The third kappa shape index (κ3) is 2.02. The van der Waals surface area contributed by atoms with Crippen LogP contribution in [-0.2, 0) is 0 Å². The summed E-state index contributed by atoms with van der Waals surface area (Å²) in [6, 6.07) is 2.15. The van der Waals surface area contributed by atoms with E-state index in [0.717, 1.165) is 35.5 Å². The van der Waals surface area contributed by atoms with Gasteiger partial charge in [0.2, 0.25) is 0 Å². The number of thiophene rings is 1. The summed E-state index contributed by atoms with van der Waals surface area (Å²) in [6.45, 7) is 6.57. The van der Waals surface area contributed by atoms with Crippen molar-refractivity contribution < 1.29 is 0 Å². The summed E-state index contributed by atoms with van der Waals surface area (Å²) in [5.74, 6) is 2.88. The summed E-state index contributed by atoms with van der Waals surface area (Å²) in [5, 5.41) is 3.32. The van der Waals surface area contributed by atoms with E-state index in [4.69, 9.17) is 0 Å². The van der Waals surface area contributed by atoms with Crippen LogP contribution in [0.1, 0.15) is 25.6 Å². The van der Waals surface area contributed by atoms with Gasteiger partial charge in [-0.2, -0.15) is 0 Å². The number of aryl methyl sites for hydroxylation is 1. The first kappa shape index (κ1) is 11.0. The molecule has 0 spiro atoms. The number of rotatable bonds is 1. The van der Waals surface area contributed by atoms with Gasteiger partial charge in [0.15, 0.2) is 0 Å². The second-order valence-corrected chi connectivity index (χ2v) is 5.80. The van der Waals surface area contributed by atoms with Crippen molar-refractivity contribution in [2.24, 2.45) is 5.92 Å². The molecule has 0 saturated carbocycles. The molecule has 0 aliphatic carbocycles. The van der Waals surface area contributed by atoms with E-state index >= 15 is 0 Å². The molecule has 1 aliphatic rings. The Hall–Kier alpha value is -1.16. The molecule has 0 aromatic carbocycles. The van der Waals surface area contributed by atoms with Crippen LogP contribution in [0.3, 0.4) is 0 Å². The van der Waals surface area contributed by atoms with E-state index in [1.165, 1.54) is 18.2 Å². The predicted molar refractivity (Wildman–Crippen MR) is 72.8 cm³/mol. The third-order valence-electron chi connectivity index (χ3n) is 3.50. The second kappa shape index (κ2) is 4.26. The van der Waals surface area contributed by atoms with Crippen molar-refractivity contribution in [2.45, 2.75) is 26.7 Å². The lowest BCUT2D eigenvalue weighted by Gasteiger charge is -2.31. The van der Waals surface area contributed by atoms with Gasteiger partial charge in [0.25, 0.3) is 0 Å². The van der Waals surface area contributed by atoms with Crippen LogP contribution in [0, 0.1) is 12.8 Å². The molecule has 1 aliphatic heterocycles. The highest BCUT2D eigenvalue weighted by molar-refractivity contribution is 7.16. The smallest absolute Gasteiger partial charge is 0.141 e. The Morgan fingerprint density at radius 3 is 2.82 bits per heavy atom. The van der Waals surface area contributed by atoms with Crippen molar-refractivity contribution in [2.75, 3.05) is 18.0 Å². The van der Waals surface area contributed by atoms with Gasteiger partial charge in [-0.05, 0) is 37.1 Å². The van der Waals surface area contributed by atoms with E-state index in [0.29, 0.717) is 0 Å². The normalized spacial score (nSPS) is 17.9. The number of nitrogens with zero attached hydrogens (tertiary/aromatic N) is 3. The molecule has 0 radical (unpaired) electrons. The van der Waals surface area contributed by atoms with E-state index < -0.39 is 0 Å². The third-order valence-corrected chi connectivity index (χ3v) is 4.31. The highest BCUT2D eigenvalue weighted by Gasteiger charge is 2.19. The molecule has 3 heterocycles. The molecule has 4 heteroatoms. The molecule has 90 valence electrons. The second-order valence-electron chi connectivity index (χ2n) is 4.90. The molecule has 3 rings (SSSR count). The van der Waals surface area contributed by atoms with Crippen molar-refractivity contribution in [1.82, 2.24) is 9.97 Å². The summed E-state index contributed by atoms with van der Waals surface area (Å²) in [7, 11) is 0. The Morgan fingerprint density at radius 1 is 1.29 bits per heavy atom. The topological polar surface area (TPSA) is 29.0 Å². The molecule has 0 unspecified atom stereocenters. The van der Waals surface area contributed by atoms with Crippen LogP contribution >= 0.6 is 11.3 Å². The van der Waals surface area contributed by atoms with Gasteiger partial charge in [-0.25, -0.2) is 9.97 Å². The zero-order chi connectivity index (χ0) is 11.8. The van der Waals surface area contributed by atoms with E-state index in [1.54, 1.807) is 11.3 Å². The molecule has 1 fully saturated rings. The van der Waals surface area contributed by atoms with Crippen molar-refractivity contribution in [3.05, 3.63) is 17.3 Å². The summed E-state index contributed by atoms with van der Waals surface area (Å²) in [6.07, 6.45) is 2.55. The standard InChI is InChI=1S/C13H17N3S/c1-9-3-6-16(7-4-9)12-11-5-8-17-13(11)15-10(2)14-12/h5,8-9H,3-4,6-7H2,1-2H3. The fourth-order valence-electron chi connectivity index (χ4n) is 2.40. The minimum absolute atomic E-state index is 0.854. The molecular weight excluding hydrogens is 230 g/mol. The summed E-state index contributed by atoms with van der Waals surface area (Å²) in [5.41, 5.74) is 0. The van der Waals surface area contributed by atoms with Crippen LogP contribution in [-0.4, -0.2) is 23.1 Å². The van der Waals surface area contributed by atoms with Crippen molar-refractivity contribution in [3.8, 4) is 0 Å². The molecule has 3 nitrogen and oxygen atoms in total. The van der Waals surface area contributed by atoms with Gasteiger partial charge < -0.3 is 4.90 Å². The van der Waals surface area contributed by atoms with E-state index in [1.807, 2.05) is 6.92 Å². The van der Waals surface area contributed by atoms with E-state index in [9.17, 15) is 0 Å². The maximum atomic E-state index is 4.64. The monoisotopic (exact) mass is 247 g/mol. The quantitative estimate of drug-likeness (QED) is 0.774. The van der Waals surface area contributed by atoms with Crippen molar-refractivity contribution >= 4 is 27.4 Å². The Morgan fingerprint density at radius 2 is 2.06 bits per heavy atom. The zero-order valence-corrected chi connectivity index (χ0v) is 11.1.